The summed E-state index contributed by atoms with van der Waals surface area (Å²) < 4.78 is 0. The lowest BCUT2D eigenvalue weighted by Gasteiger charge is -2.52. The van der Waals surface area contributed by atoms with Gasteiger partial charge in [-0.3, -0.25) is 0 Å². The van der Waals surface area contributed by atoms with Gasteiger partial charge in [0.25, 0.3) is 0 Å². The van der Waals surface area contributed by atoms with Crippen molar-refractivity contribution >= 4 is 81.7 Å². The highest BCUT2D eigenvalue weighted by atomic mass is 28.3. The first-order valence-electron chi connectivity index (χ1n) is 30.4. The molecule has 0 aromatic heterocycles. The first-order chi connectivity index (χ1) is 39.1. The normalized spacial score (nSPS) is 15.1. The molecule has 0 amide bonds. The molecule has 0 N–H and O–H groups in total. The minimum absolute atomic E-state index is 0.0598. The van der Waals surface area contributed by atoms with Crippen LogP contribution in [-0.4, -0.2) is 21.5 Å². The molecule has 0 saturated carbocycles. The van der Waals surface area contributed by atoms with Crippen LogP contribution < -0.4 is 48.1 Å². The van der Waals surface area contributed by atoms with Crippen molar-refractivity contribution in [2.75, 3.05) is 4.90 Å². The largest absolute Gasteiger partial charge is 0.310 e. The molecule has 4 aliphatic rings. The van der Waals surface area contributed by atoms with Crippen molar-refractivity contribution < 1.29 is 0 Å². The van der Waals surface area contributed by atoms with Crippen molar-refractivity contribution in [2.45, 2.75) is 124 Å². The second kappa shape index (κ2) is 20.2. The van der Waals surface area contributed by atoms with Gasteiger partial charge in [0.05, 0.1) is 16.8 Å². The maximum Gasteiger partial charge on any atom is 0.240 e. The van der Waals surface area contributed by atoms with Crippen LogP contribution in [0, 0.1) is 0 Å². The van der Waals surface area contributed by atoms with E-state index in [9.17, 15) is 0 Å². The summed E-state index contributed by atoms with van der Waals surface area (Å²) in [4.78, 5) is 2.54. The minimum atomic E-state index is -2.32. The van der Waals surface area contributed by atoms with Gasteiger partial charge in [0.2, 0.25) is 13.4 Å². The van der Waals surface area contributed by atoms with Gasteiger partial charge in [-0.1, -0.05) is 303 Å². The third-order valence-corrected chi connectivity index (χ3v) is 23.3. The van der Waals surface area contributed by atoms with Crippen molar-refractivity contribution in [3.63, 3.8) is 0 Å². The van der Waals surface area contributed by atoms with Gasteiger partial charge in [-0.15, -0.1) is 0 Å². The standard InChI is InChI=1S/C77H77B2NSi/c1-48(2)56-43-59(50(5)6)75(60(44-56)51(7)8)78-67-29-17-18-30-68(67)79(76-61(52(9)10)45-57(49(3)4)46-62(76)53(11)12)70-47-55(37-40-69(70)78)54-35-38-58(39-36-54)80-71-31-19-13-25-63(71)77(64-26-14-20-32-72(64)80)65-27-15-21-33-73(65)81(41-23-24-42-81)74-34-22-16-28-66(74)77/h13-53H,1-12H3. The van der Waals surface area contributed by atoms with Crippen LogP contribution >= 0.6 is 0 Å². The molecule has 4 heterocycles. The molecule has 400 valence electrons. The Balaban J connectivity index is 1.01. The zero-order valence-corrected chi connectivity index (χ0v) is 50.8. The molecule has 0 fully saturated rings. The third kappa shape index (κ3) is 8.08. The van der Waals surface area contributed by atoms with Gasteiger partial charge in [0, 0.05) is 5.69 Å². The topological polar surface area (TPSA) is 3.24 Å². The molecule has 0 bridgehead atoms. The zero-order chi connectivity index (χ0) is 56.2. The Morgan fingerprint density at radius 2 is 0.716 bits per heavy atom. The molecule has 9 aromatic carbocycles. The summed E-state index contributed by atoms with van der Waals surface area (Å²) in [6.45, 7) is 28.9. The fourth-order valence-corrected chi connectivity index (χ4v) is 19.4. The second-order valence-electron chi connectivity index (χ2n) is 25.8. The Bertz CT molecular complexity index is 3830. The molecule has 13 rings (SSSR count). The van der Waals surface area contributed by atoms with Crippen LogP contribution in [0.1, 0.15) is 174 Å². The predicted octanol–water partition coefficient (Wildman–Crippen LogP) is 14.7. The smallest absolute Gasteiger partial charge is 0.240 e. The average molecular weight is 1070 g/mol. The molecule has 4 aliphatic heterocycles. The van der Waals surface area contributed by atoms with E-state index in [1.165, 1.54) is 121 Å². The van der Waals surface area contributed by atoms with Crippen molar-refractivity contribution in [3.8, 4) is 11.1 Å². The number of nitrogens with zero attached hydrogens (tertiary/aromatic N) is 1. The fraction of sp³-hybridized carbons (Fsp3) is 0.247. The highest BCUT2D eigenvalue weighted by molar-refractivity contribution is 7.12. The van der Waals surface area contributed by atoms with Crippen LogP contribution in [0.2, 0.25) is 0 Å². The highest BCUT2D eigenvalue weighted by Crippen LogP contribution is 2.58. The van der Waals surface area contributed by atoms with Crippen LogP contribution in [0.25, 0.3) is 11.1 Å². The summed E-state index contributed by atoms with van der Waals surface area (Å²) in [5, 5.41) is 2.97. The van der Waals surface area contributed by atoms with E-state index in [1.807, 2.05) is 0 Å². The zero-order valence-electron chi connectivity index (χ0n) is 49.8. The van der Waals surface area contributed by atoms with Gasteiger partial charge in [0.1, 0.15) is 0 Å². The van der Waals surface area contributed by atoms with Crippen LogP contribution in [-0.2, 0) is 5.41 Å². The number of rotatable bonds is 10. The number of benzene rings is 9. The Hall–Kier alpha value is -7.39. The number of hydrogen-bond donors (Lipinski definition) is 0. The van der Waals surface area contributed by atoms with Gasteiger partial charge >= 0.3 is 0 Å². The maximum absolute atomic E-state index is 2.62. The summed E-state index contributed by atoms with van der Waals surface area (Å²) >= 11 is 0. The molecule has 0 aliphatic carbocycles. The van der Waals surface area contributed by atoms with Crippen LogP contribution in [0.5, 0.6) is 0 Å². The molecule has 0 atom stereocenters. The Kier molecular flexibility index (Phi) is 13.2. The summed E-state index contributed by atoms with van der Waals surface area (Å²) in [6.07, 6.45) is 4.58. The van der Waals surface area contributed by atoms with Gasteiger partial charge in [0.15, 0.2) is 8.07 Å². The van der Waals surface area contributed by atoms with E-state index in [1.54, 1.807) is 0 Å². The summed E-state index contributed by atoms with van der Waals surface area (Å²) in [5.41, 5.74) is 33.7. The monoisotopic (exact) mass is 1070 g/mol. The van der Waals surface area contributed by atoms with E-state index < -0.39 is 13.5 Å². The molecule has 1 nitrogen and oxygen atoms in total. The van der Waals surface area contributed by atoms with E-state index in [0.29, 0.717) is 35.5 Å². The van der Waals surface area contributed by atoms with Crippen LogP contribution in [0.4, 0.5) is 17.1 Å². The third-order valence-electron chi connectivity index (χ3n) is 19.2. The van der Waals surface area contributed by atoms with Crippen molar-refractivity contribution in [3.05, 3.63) is 267 Å². The number of hydrogen-bond acceptors (Lipinski definition) is 1. The van der Waals surface area contributed by atoms with Gasteiger partial charge in [-0.2, -0.15) is 0 Å². The van der Waals surface area contributed by atoms with Gasteiger partial charge in [-0.05, 0) is 137 Å². The quantitative estimate of drug-likeness (QED) is 0.123. The Morgan fingerprint density at radius 3 is 1.15 bits per heavy atom. The predicted molar refractivity (Wildman–Crippen MR) is 355 cm³/mol. The van der Waals surface area contributed by atoms with E-state index in [4.69, 9.17) is 0 Å². The van der Waals surface area contributed by atoms with Crippen LogP contribution in [0.15, 0.2) is 212 Å². The fourth-order valence-electron chi connectivity index (χ4n) is 15.3. The molecule has 81 heavy (non-hydrogen) atoms. The van der Waals surface area contributed by atoms with E-state index in [-0.39, 0.29) is 13.4 Å². The van der Waals surface area contributed by atoms with Gasteiger partial charge in [-0.25, -0.2) is 0 Å². The molecule has 9 aromatic rings. The summed E-state index contributed by atoms with van der Waals surface area (Å²) in [5.74, 6) is 2.32. The SMILES string of the molecule is CC(C)c1cc(C(C)C)c(B2c3ccccc3B(c3c(C(C)C)cc(C(C)C)cc3C(C)C)c3cc(-c4ccc(N5c6ccccc6C6(c7ccccc75)c5ccccc5[Si]5(C=CC=C5)c5ccccc56)cc4)ccc32)c(C(C)C)c1. The van der Waals surface area contributed by atoms with Crippen molar-refractivity contribution in [2.24, 2.45) is 0 Å². The van der Waals surface area contributed by atoms with Crippen molar-refractivity contribution in [1.82, 2.24) is 0 Å². The maximum atomic E-state index is 2.62. The average Bonchev–Trinajstić information content (AvgIpc) is 4.06. The van der Waals surface area contributed by atoms with E-state index in [2.05, 4.69) is 300 Å². The van der Waals surface area contributed by atoms with E-state index in [0.717, 1.165) is 5.69 Å². The lowest BCUT2D eigenvalue weighted by Crippen LogP contribution is -2.76. The first kappa shape index (κ1) is 52.9. The van der Waals surface area contributed by atoms with Gasteiger partial charge < -0.3 is 4.90 Å². The first-order valence-corrected chi connectivity index (χ1v) is 32.6. The molecule has 0 radical (unpaired) electrons. The molecule has 4 heteroatoms. The number of fused-ring (bicyclic) bond motifs is 12. The Morgan fingerprint density at radius 1 is 0.346 bits per heavy atom. The number of para-hydroxylation sites is 2. The summed E-state index contributed by atoms with van der Waals surface area (Å²) in [7, 11) is -2.32. The minimum Gasteiger partial charge on any atom is -0.310 e. The van der Waals surface area contributed by atoms with Crippen LogP contribution in [0.3, 0.4) is 0 Å². The molecule has 2 spiro atoms. The number of allylic oxidation sites excluding steroid dienone is 2. The van der Waals surface area contributed by atoms with Crippen molar-refractivity contribution in [1.29, 1.82) is 0 Å². The lowest BCUT2D eigenvalue weighted by molar-refractivity contribution is 0.736. The molecule has 0 saturated heterocycles. The van der Waals surface area contributed by atoms with E-state index >= 15 is 0 Å². The molecule has 0 unspecified atom stereocenters. The highest BCUT2D eigenvalue weighted by Gasteiger charge is 2.55. The number of anilines is 3. The molecular formula is C77H77B2NSi. The summed E-state index contributed by atoms with van der Waals surface area (Å²) in [6, 6.07) is 74.3. The molecular weight excluding hydrogens is 989 g/mol. The lowest BCUT2D eigenvalue weighted by atomic mass is 9.20. The second-order valence-corrected chi connectivity index (χ2v) is 29.3. The Labute approximate surface area is 486 Å².